The highest BCUT2D eigenvalue weighted by Crippen LogP contribution is 2.15. The average molecular weight is 345 g/mol. The van der Waals surface area contributed by atoms with Crippen LogP contribution in [0.4, 0.5) is 0 Å². The molecule has 0 fully saturated rings. The summed E-state index contributed by atoms with van der Waals surface area (Å²) in [6.45, 7) is 7.70. The van der Waals surface area contributed by atoms with E-state index in [1.807, 2.05) is 18.9 Å². The van der Waals surface area contributed by atoms with Gasteiger partial charge >= 0.3 is 0 Å². The molecule has 0 aliphatic carbocycles. The number of amides is 1. The first-order valence-corrected chi connectivity index (χ1v) is 9.46. The zero-order chi connectivity index (χ0) is 17.5. The molecule has 1 amide bonds. The van der Waals surface area contributed by atoms with E-state index in [0.717, 1.165) is 18.5 Å². The van der Waals surface area contributed by atoms with Crippen molar-refractivity contribution in [2.75, 3.05) is 13.6 Å². The second kappa shape index (κ2) is 9.00. The number of likely N-dealkylation sites (N-methyl/N-ethyl adjacent to an activating group) is 1. The van der Waals surface area contributed by atoms with Crippen LogP contribution in [0.1, 0.15) is 43.5 Å². The molecule has 0 aliphatic rings. The second-order valence-electron chi connectivity index (χ2n) is 6.93. The first-order chi connectivity index (χ1) is 11.4. The zero-order valence-electron chi connectivity index (χ0n) is 15.1. The third-order valence-electron chi connectivity index (χ3n) is 3.95. The summed E-state index contributed by atoms with van der Waals surface area (Å²) in [6.07, 6.45) is 1.09. The van der Waals surface area contributed by atoms with E-state index in [-0.39, 0.29) is 11.9 Å². The SMILES string of the molecule is CC(C)Cc1ccc([C@H](C)NC(=O)CN(C)Cc2ccsc2)cc1. The summed E-state index contributed by atoms with van der Waals surface area (Å²) in [6, 6.07) is 10.7. The van der Waals surface area contributed by atoms with Gasteiger partial charge in [-0.1, -0.05) is 38.1 Å². The van der Waals surface area contributed by atoms with Crippen molar-refractivity contribution in [3.8, 4) is 0 Å². The van der Waals surface area contributed by atoms with Crippen LogP contribution >= 0.6 is 11.3 Å². The summed E-state index contributed by atoms with van der Waals surface area (Å²) < 4.78 is 0. The van der Waals surface area contributed by atoms with Crippen molar-refractivity contribution in [3.05, 3.63) is 57.8 Å². The van der Waals surface area contributed by atoms with Crippen LogP contribution in [-0.2, 0) is 17.8 Å². The van der Waals surface area contributed by atoms with Gasteiger partial charge in [0.1, 0.15) is 0 Å². The number of carbonyl (C=O) groups excluding carboxylic acids is 1. The van der Waals surface area contributed by atoms with Crippen molar-refractivity contribution in [2.24, 2.45) is 5.92 Å². The molecule has 0 saturated heterocycles. The van der Waals surface area contributed by atoms with E-state index in [2.05, 4.69) is 60.3 Å². The summed E-state index contributed by atoms with van der Waals surface area (Å²) in [7, 11) is 1.97. The van der Waals surface area contributed by atoms with Crippen molar-refractivity contribution < 1.29 is 4.79 Å². The molecular weight excluding hydrogens is 316 g/mol. The van der Waals surface area contributed by atoms with Crippen molar-refractivity contribution >= 4 is 17.2 Å². The number of hydrogen-bond acceptors (Lipinski definition) is 3. The molecule has 0 unspecified atom stereocenters. The zero-order valence-corrected chi connectivity index (χ0v) is 15.9. The molecule has 3 nitrogen and oxygen atoms in total. The minimum atomic E-state index is 0.0279. The van der Waals surface area contributed by atoms with E-state index in [9.17, 15) is 4.79 Å². The Balaban J connectivity index is 1.82. The molecule has 2 aromatic rings. The molecule has 24 heavy (non-hydrogen) atoms. The molecule has 1 heterocycles. The maximum absolute atomic E-state index is 12.2. The van der Waals surface area contributed by atoms with E-state index in [1.54, 1.807) is 11.3 Å². The fourth-order valence-corrected chi connectivity index (χ4v) is 3.44. The number of carbonyl (C=O) groups is 1. The summed E-state index contributed by atoms with van der Waals surface area (Å²) in [5.74, 6) is 0.721. The Bertz CT molecular complexity index is 620. The van der Waals surface area contributed by atoms with Crippen LogP contribution in [0.5, 0.6) is 0 Å². The van der Waals surface area contributed by atoms with E-state index >= 15 is 0 Å². The molecule has 4 heteroatoms. The Hall–Kier alpha value is -1.65. The van der Waals surface area contributed by atoms with Crippen molar-refractivity contribution in [1.29, 1.82) is 0 Å². The smallest absolute Gasteiger partial charge is 0.234 e. The number of benzene rings is 1. The maximum Gasteiger partial charge on any atom is 0.234 e. The van der Waals surface area contributed by atoms with Crippen LogP contribution in [0.15, 0.2) is 41.1 Å². The fourth-order valence-electron chi connectivity index (χ4n) is 2.78. The van der Waals surface area contributed by atoms with Gasteiger partial charge in [0.2, 0.25) is 5.91 Å². The Labute approximate surface area is 149 Å². The van der Waals surface area contributed by atoms with Crippen LogP contribution in [0.3, 0.4) is 0 Å². The monoisotopic (exact) mass is 344 g/mol. The minimum Gasteiger partial charge on any atom is -0.348 e. The van der Waals surface area contributed by atoms with Gasteiger partial charge in [0.05, 0.1) is 12.6 Å². The lowest BCUT2D eigenvalue weighted by Crippen LogP contribution is -2.36. The highest BCUT2D eigenvalue weighted by atomic mass is 32.1. The number of nitrogens with one attached hydrogen (secondary N) is 1. The van der Waals surface area contributed by atoms with Crippen LogP contribution in [0.2, 0.25) is 0 Å². The van der Waals surface area contributed by atoms with Gasteiger partial charge in [0, 0.05) is 6.54 Å². The predicted molar refractivity (Wildman–Crippen MR) is 102 cm³/mol. The summed E-state index contributed by atoms with van der Waals surface area (Å²) in [5, 5.41) is 7.27. The van der Waals surface area contributed by atoms with Gasteiger partial charge in [0.15, 0.2) is 0 Å². The van der Waals surface area contributed by atoms with Gasteiger partial charge in [-0.15, -0.1) is 0 Å². The van der Waals surface area contributed by atoms with Crippen LogP contribution in [0, 0.1) is 5.92 Å². The lowest BCUT2D eigenvalue weighted by atomic mass is 10.00. The quantitative estimate of drug-likeness (QED) is 0.776. The number of thiophene rings is 1. The summed E-state index contributed by atoms with van der Waals surface area (Å²) in [5.41, 5.74) is 3.75. The molecule has 0 bridgehead atoms. The number of hydrogen-bond donors (Lipinski definition) is 1. The standard InChI is InChI=1S/C20H28N2OS/c1-15(2)11-17-5-7-19(8-6-17)16(3)21-20(23)13-22(4)12-18-9-10-24-14-18/h5-10,14-16H,11-13H2,1-4H3,(H,21,23)/t16-/m0/s1. The van der Waals surface area contributed by atoms with E-state index in [4.69, 9.17) is 0 Å². The van der Waals surface area contributed by atoms with E-state index < -0.39 is 0 Å². The van der Waals surface area contributed by atoms with Gasteiger partial charge in [-0.05, 0) is 59.8 Å². The van der Waals surface area contributed by atoms with Crippen LogP contribution < -0.4 is 5.32 Å². The third kappa shape index (κ3) is 6.10. The highest BCUT2D eigenvalue weighted by Gasteiger charge is 2.12. The maximum atomic E-state index is 12.2. The molecule has 1 aromatic carbocycles. The first-order valence-electron chi connectivity index (χ1n) is 8.52. The van der Waals surface area contributed by atoms with E-state index in [1.165, 1.54) is 11.1 Å². The molecule has 1 N–H and O–H groups in total. The van der Waals surface area contributed by atoms with Gasteiger partial charge in [-0.25, -0.2) is 0 Å². The Kier molecular flexibility index (Phi) is 7.00. The van der Waals surface area contributed by atoms with E-state index in [0.29, 0.717) is 12.5 Å². The highest BCUT2D eigenvalue weighted by molar-refractivity contribution is 7.07. The number of rotatable bonds is 8. The first kappa shape index (κ1) is 18.7. The Morgan fingerprint density at radius 3 is 2.42 bits per heavy atom. The molecule has 1 aromatic heterocycles. The van der Waals surface area contributed by atoms with Gasteiger partial charge < -0.3 is 5.32 Å². The second-order valence-corrected chi connectivity index (χ2v) is 7.71. The largest absolute Gasteiger partial charge is 0.348 e. The van der Waals surface area contributed by atoms with Crippen molar-refractivity contribution in [3.63, 3.8) is 0 Å². The lowest BCUT2D eigenvalue weighted by molar-refractivity contribution is -0.122. The van der Waals surface area contributed by atoms with Gasteiger partial charge in [0.25, 0.3) is 0 Å². The van der Waals surface area contributed by atoms with Crippen LogP contribution in [-0.4, -0.2) is 24.4 Å². The number of nitrogens with zero attached hydrogens (tertiary/aromatic N) is 1. The van der Waals surface area contributed by atoms with Gasteiger partial charge in [-0.2, -0.15) is 11.3 Å². The predicted octanol–water partition coefficient (Wildman–Crippen LogP) is 4.26. The summed E-state index contributed by atoms with van der Waals surface area (Å²) >= 11 is 1.69. The molecule has 0 aliphatic heterocycles. The molecule has 2 rings (SSSR count). The fraction of sp³-hybridized carbons (Fsp3) is 0.450. The molecule has 0 radical (unpaired) electrons. The average Bonchev–Trinajstić information content (AvgIpc) is 2.99. The Morgan fingerprint density at radius 1 is 1.12 bits per heavy atom. The topological polar surface area (TPSA) is 32.3 Å². The molecule has 130 valence electrons. The molecule has 0 saturated carbocycles. The van der Waals surface area contributed by atoms with Crippen molar-refractivity contribution in [2.45, 2.75) is 39.8 Å². The molecular formula is C20H28N2OS. The van der Waals surface area contributed by atoms with Gasteiger partial charge in [-0.3, -0.25) is 9.69 Å². The lowest BCUT2D eigenvalue weighted by Gasteiger charge is -2.19. The third-order valence-corrected chi connectivity index (χ3v) is 4.68. The Morgan fingerprint density at radius 2 is 1.83 bits per heavy atom. The minimum absolute atomic E-state index is 0.0279. The van der Waals surface area contributed by atoms with Crippen molar-refractivity contribution in [1.82, 2.24) is 10.2 Å². The molecule has 1 atom stereocenters. The van der Waals surface area contributed by atoms with Crippen LogP contribution in [0.25, 0.3) is 0 Å². The molecule has 0 spiro atoms. The normalized spacial score (nSPS) is 12.6. The summed E-state index contributed by atoms with van der Waals surface area (Å²) in [4.78, 5) is 14.3.